The highest BCUT2D eigenvalue weighted by molar-refractivity contribution is 5.92. The van der Waals surface area contributed by atoms with Crippen molar-refractivity contribution < 1.29 is 19.7 Å². The van der Waals surface area contributed by atoms with Gasteiger partial charge in [-0.25, -0.2) is 4.98 Å². The van der Waals surface area contributed by atoms with Gasteiger partial charge in [0.2, 0.25) is 0 Å². The van der Waals surface area contributed by atoms with E-state index in [0.29, 0.717) is 18.7 Å². The van der Waals surface area contributed by atoms with E-state index in [1.807, 2.05) is 30.3 Å². The molecule has 126 valence electrons. The molecule has 1 aromatic heterocycles. The Balaban J connectivity index is 1.59. The molecule has 0 bridgehead atoms. The second kappa shape index (κ2) is 7.48. The molecule has 3 atom stereocenters. The largest absolute Gasteiger partial charge is 0.390 e. The Hall–Kier alpha value is -2.35. The summed E-state index contributed by atoms with van der Waals surface area (Å²) < 4.78 is 5.36. The number of nitrogens with zero attached hydrogens (tertiary/aromatic N) is 2. The lowest BCUT2D eigenvalue weighted by Crippen LogP contribution is -2.50. The lowest BCUT2D eigenvalue weighted by Gasteiger charge is -2.31. The quantitative estimate of drug-likeness (QED) is 0.749. The second-order valence-corrected chi connectivity index (χ2v) is 5.62. The lowest BCUT2D eigenvalue weighted by molar-refractivity contribution is -0.132. The molecule has 1 amide bonds. The highest BCUT2D eigenvalue weighted by Crippen LogP contribution is 2.15. The van der Waals surface area contributed by atoms with Crippen molar-refractivity contribution in [2.45, 2.75) is 24.7 Å². The number of carbonyl (C=O) groups excluding carboxylic acids is 1. The standard InChI is InChI=1S/C17H19N3O4/c21-14-6-7-24-15(16(14)22)10-20-17(23)13-9-18-12(8-19-13)11-4-2-1-3-5-11/h1-5,8-9,14-16,21-22H,6-7,10H2,(H,20,23). The Bertz CT molecular complexity index is 678. The maximum Gasteiger partial charge on any atom is 0.271 e. The van der Waals surface area contributed by atoms with Crippen molar-refractivity contribution in [1.82, 2.24) is 15.3 Å². The van der Waals surface area contributed by atoms with E-state index in [4.69, 9.17) is 4.74 Å². The number of rotatable bonds is 4. The smallest absolute Gasteiger partial charge is 0.271 e. The molecular formula is C17H19N3O4. The van der Waals surface area contributed by atoms with Crippen LogP contribution in [0.1, 0.15) is 16.9 Å². The van der Waals surface area contributed by atoms with Crippen LogP contribution in [0.5, 0.6) is 0 Å². The molecule has 1 aliphatic heterocycles. The zero-order valence-electron chi connectivity index (χ0n) is 13.0. The molecule has 0 saturated carbocycles. The summed E-state index contributed by atoms with van der Waals surface area (Å²) in [5, 5.41) is 22.1. The molecular weight excluding hydrogens is 310 g/mol. The van der Waals surface area contributed by atoms with Crippen LogP contribution in [0.15, 0.2) is 42.7 Å². The molecule has 1 aromatic carbocycles. The summed E-state index contributed by atoms with van der Waals surface area (Å²) in [6.07, 6.45) is 0.869. The number of aliphatic hydroxyl groups excluding tert-OH is 2. The van der Waals surface area contributed by atoms with Gasteiger partial charge in [-0.3, -0.25) is 9.78 Å². The van der Waals surface area contributed by atoms with E-state index in [9.17, 15) is 15.0 Å². The molecule has 7 heteroatoms. The first kappa shape index (κ1) is 16.5. The summed E-state index contributed by atoms with van der Waals surface area (Å²) in [5.41, 5.74) is 1.78. The summed E-state index contributed by atoms with van der Waals surface area (Å²) in [4.78, 5) is 20.5. The number of nitrogens with one attached hydrogen (secondary N) is 1. The molecule has 2 aromatic rings. The number of carbonyl (C=O) groups is 1. The van der Waals surface area contributed by atoms with Gasteiger partial charge in [0.05, 0.1) is 24.2 Å². The Morgan fingerprint density at radius 1 is 1.21 bits per heavy atom. The maximum atomic E-state index is 12.1. The normalized spacial score (nSPS) is 23.7. The Morgan fingerprint density at radius 3 is 2.71 bits per heavy atom. The van der Waals surface area contributed by atoms with Crippen LogP contribution in [0.3, 0.4) is 0 Å². The van der Waals surface area contributed by atoms with Gasteiger partial charge < -0.3 is 20.3 Å². The average molecular weight is 329 g/mol. The van der Waals surface area contributed by atoms with E-state index in [1.54, 1.807) is 6.20 Å². The molecule has 0 aliphatic carbocycles. The first-order valence-electron chi connectivity index (χ1n) is 7.78. The number of amides is 1. The highest BCUT2D eigenvalue weighted by atomic mass is 16.5. The minimum atomic E-state index is -1.01. The van der Waals surface area contributed by atoms with E-state index in [2.05, 4.69) is 15.3 Å². The maximum absolute atomic E-state index is 12.1. The minimum absolute atomic E-state index is 0.0964. The average Bonchev–Trinajstić information content (AvgIpc) is 2.63. The molecule has 3 N–H and O–H groups in total. The van der Waals surface area contributed by atoms with Gasteiger partial charge >= 0.3 is 0 Å². The number of aromatic nitrogens is 2. The zero-order chi connectivity index (χ0) is 16.9. The van der Waals surface area contributed by atoms with Crippen LogP contribution in [-0.2, 0) is 4.74 Å². The lowest BCUT2D eigenvalue weighted by atomic mass is 10.0. The van der Waals surface area contributed by atoms with Gasteiger partial charge in [-0.1, -0.05) is 30.3 Å². The molecule has 24 heavy (non-hydrogen) atoms. The number of hydrogen-bond donors (Lipinski definition) is 3. The van der Waals surface area contributed by atoms with Gasteiger partial charge in [0.15, 0.2) is 0 Å². The topological polar surface area (TPSA) is 105 Å². The number of aliphatic hydroxyl groups is 2. The van der Waals surface area contributed by atoms with Gasteiger partial charge in [0, 0.05) is 18.7 Å². The first-order chi connectivity index (χ1) is 11.6. The number of benzene rings is 1. The first-order valence-corrected chi connectivity index (χ1v) is 7.78. The fourth-order valence-electron chi connectivity index (χ4n) is 2.52. The van der Waals surface area contributed by atoms with Crippen LogP contribution in [0, 0.1) is 0 Å². The third-order valence-electron chi connectivity index (χ3n) is 3.94. The molecule has 2 heterocycles. The molecule has 0 radical (unpaired) electrons. The van der Waals surface area contributed by atoms with Gasteiger partial charge in [-0.05, 0) is 6.42 Å². The third kappa shape index (κ3) is 3.76. The van der Waals surface area contributed by atoms with E-state index in [0.717, 1.165) is 5.56 Å². The summed E-state index contributed by atoms with van der Waals surface area (Å²) in [5.74, 6) is -0.405. The van der Waals surface area contributed by atoms with Gasteiger partial charge in [0.25, 0.3) is 5.91 Å². The molecule has 1 aliphatic rings. The molecule has 1 fully saturated rings. The summed E-state index contributed by atoms with van der Waals surface area (Å²) in [6, 6.07) is 9.55. The Morgan fingerprint density at radius 2 is 2.00 bits per heavy atom. The monoisotopic (exact) mass is 329 g/mol. The highest BCUT2D eigenvalue weighted by Gasteiger charge is 2.31. The van der Waals surface area contributed by atoms with Gasteiger partial charge in [0.1, 0.15) is 17.9 Å². The molecule has 3 unspecified atom stereocenters. The predicted molar refractivity (Wildman–Crippen MR) is 86.2 cm³/mol. The van der Waals surface area contributed by atoms with Gasteiger partial charge in [-0.15, -0.1) is 0 Å². The van der Waals surface area contributed by atoms with E-state index >= 15 is 0 Å². The predicted octanol–water partition coefficient (Wildman–Crippen LogP) is 0.384. The van der Waals surface area contributed by atoms with Crippen LogP contribution in [0.4, 0.5) is 0 Å². The fraction of sp³-hybridized carbons (Fsp3) is 0.353. The van der Waals surface area contributed by atoms with Crippen molar-refractivity contribution in [1.29, 1.82) is 0 Å². The van der Waals surface area contributed by atoms with Crippen LogP contribution in [-0.4, -0.2) is 57.6 Å². The van der Waals surface area contributed by atoms with Crippen LogP contribution in [0.2, 0.25) is 0 Å². The molecule has 3 rings (SSSR count). The van der Waals surface area contributed by atoms with Crippen LogP contribution < -0.4 is 5.32 Å². The van der Waals surface area contributed by atoms with Gasteiger partial charge in [-0.2, -0.15) is 0 Å². The van der Waals surface area contributed by atoms with E-state index in [1.165, 1.54) is 6.20 Å². The molecule has 1 saturated heterocycles. The Kier molecular flexibility index (Phi) is 5.14. The van der Waals surface area contributed by atoms with Crippen molar-refractivity contribution in [2.24, 2.45) is 0 Å². The van der Waals surface area contributed by atoms with Crippen molar-refractivity contribution in [3.63, 3.8) is 0 Å². The third-order valence-corrected chi connectivity index (χ3v) is 3.94. The summed E-state index contributed by atoms with van der Waals surface area (Å²) >= 11 is 0. The number of hydrogen-bond acceptors (Lipinski definition) is 6. The van der Waals surface area contributed by atoms with Crippen LogP contribution in [0.25, 0.3) is 11.3 Å². The van der Waals surface area contributed by atoms with Crippen molar-refractivity contribution >= 4 is 5.91 Å². The minimum Gasteiger partial charge on any atom is -0.390 e. The van der Waals surface area contributed by atoms with E-state index < -0.39 is 24.2 Å². The number of ether oxygens (including phenoxy) is 1. The molecule has 0 spiro atoms. The summed E-state index contributed by atoms with van der Waals surface area (Å²) in [7, 11) is 0. The SMILES string of the molecule is O=C(NCC1OCCC(O)C1O)c1cnc(-c2ccccc2)cn1. The van der Waals surface area contributed by atoms with E-state index in [-0.39, 0.29) is 12.2 Å². The van der Waals surface area contributed by atoms with Crippen LogP contribution >= 0.6 is 0 Å². The zero-order valence-corrected chi connectivity index (χ0v) is 13.0. The van der Waals surface area contributed by atoms with Crippen molar-refractivity contribution in [3.8, 4) is 11.3 Å². The fourth-order valence-corrected chi connectivity index (χ4v) is 2.52. The second-order valence-electron chi connectivity index (χ2n) is 5.62. The summed E-state index contributed by atoms with van der Waals surface area (Å²) in [6.45, 7) is 0.448. The van der Waals surface area contributed by atoms with Crippen molar-refractivity contribution in [3.05, 3.63) is 48.4 Å². The Labute approximate surface area is 139 Å². The van der Waals surface area contributed by atoms with Crippen molar-refractivity contribution in [2.75, 3.05) is 13.2 Å². The molecule has 7 nitrogen and oxygen atoms in total.